The summed E-state index contributed by atoms with van der Waals surface area (Å²) in [6.07, 6.45) is 4.35. The number of amides is 1. The summed E-state index contributed by atoms with van der Waals surface area (Å²) < 4.78 is 12.0. The Morgan fingerprint density at radius 3 is 2.57 bits per heavy atom. The standard InChI is InChI=1S/C31H31N3O3/c32-30(25-8-2-1-3-9-25)31(35)34-14-15-36-16-17-37-29-12-11-26(27-10-5-13-33-21-27)20-28(29)19-23-6-4-7-24(18-23)22-34/h1-13,18,20-21,30H,14-17,19,22,32H2/t30-/m1/s1. The SMILES string of the molecule is N[C@@H](C(=O)N1CCOCCOc2ccc(-c3cccnc3)cc2Cc2cccc(c2)C1)c1ccccc1. The Labute approximate surface area is 217 Å². The van der Waals surface area contributed by atoms with E-state index in [1.54, 1.807) is 11.1 Å². The number of ether oxygens (including phenoxy) is 2. The van der Waals surface area contributed by atoms with E-state index < -0.39 is 6.04 Å². The summed E-state index contributed by atoms with van der Waals surface area (Å²) in [5.74, 6) is 0.736. The van der Waals surface area contributed by atoms with Gasteiger partial charge in [-0.3, -0.25) is 9.78 Å². The minimum atomic E-state index is -0.718. The average molecular weight is 494 g/mol. The van der Waals surface area contributed by atoms with Crippen molar-refractivity contribution < 1.29 is 14.3 Å². The summed E-state index contributed by atoms with van der Waals surface area (Å²) in [6.45, 7) is 2.19. The second-order valence-electron chi connectivity index (χ2n) is 9.17. The number of rotatable bonds is 3. The molecular weight excluding hydrogens is 462 g/mol. The van der Waals surface area contributed by atoms with E-state index in [4.69, 9.17) is 15.2 Å². The fraction of sp³-hybridized carbons (Fsp3) is 0.226. The number of hydrogen-bond acceptors (Lipinski definition) is 5. The number of carbonyl (C=O) groups excluding carboxylic acids is 1. The molecule has 3 aromatic carbocycles. The zero-order chi connectivity index (χ0) is 25.5. The molecule has 37 heavy (non-hydrogen) atoms. The maximum atomic E-state index is 13.4. The van der Waals surface area contributed by atoms with Gasteiger partial charge in [0, 0.05) is 37.5 Å². The van der Waals surface area contributed by atoms with Crippen molar-refractivity contribution in [1.82, 2.24) is 9.88 Å². The number of aromatic nitrogens is 1. The first-order chi connectivity index (χ1) is 18.2. The molecule has 2 bridgehead atoms. The monoisotopic (exact) mass is 493 g/mol. The first-order valence-corrected chi connectivity index (χ1v) is 12.6. The lowest BCUT2D eigenvalue weighted by molar-refractivity contribution is -0.134. The number of nitrogens with two attached hydrogens (primary N) is 1. The quantitative estimate of drug-likeness (QED) is 0.445. The number of hydrogen-bond donors (Lipinski definition) is 1. The van der Waals surface area contributed by atoms with E-state index >= 15 is 0 Å². The number of pyridine rings is 1. The first kappa shape index (κ1) is 24.7. The van der Waals surface area contributed by atoms with Gasteiger partial charge in [0.2, 0.25) is 5.91 Å². The molecule has 1 aliphatic heterocycles. The van der Waals surface area contributed by atoms with Gasteiger partial charge in [-0.25, -0.2) is 0 Å². The van der Waals surface area contributed by atoms with Crippen LogP contribution < -0.4 is 10.5 Å². The maximum Gasteiger partial charge on any atom is 0.244 e. The van der Waals surface area contributed by atoms with Crippen LogP contribution in [-0.2, 0) is 22.5 Å². The normalized spacial score (nSPS) is 15.1. The molecule has 0 radical (unpaired) electrons. The van der Waals surface area contributed by atoms with Crippen molar-refractivity contribution >= 4 is 5.91 Å². The molecule has 6 heteroatoms. The van der Waals surface area contributed by atoms with E-state index in [0.29, 0.717) is 39.3 Å². The van der Waals surface area contributed by atoms with Crippen molar-refractivity contribution in [3.8, 4) is 16.9 Å². The lowest BCUT2D eigenvalue weighted by atomic mass is 9.98. The maximum absolute atomic E-state index is 13.4. The van der Waals surface area contributed by atoms with Crippen molar-refractivity contribution in [2.24, 2.45) is 5.73 Å². The van der Waals surface area contributed by atoms with Gasteiger partial charge < -0.3 is 20.1 Å². The Balaban J connectivity index is 1.42. The minimum Gasteiger partial charge on any atom is -0.491 e. The number of carbonyl (C=O) groups is 1. The number of nitrogens with zero attached hydrogens (tertiary/aromatic N) is 2. The molecule has 1 atom stereocenters. The molecule has 0 saturated heterocycles. The van der Waals surface area contributed by atoms with Gasteiger partial charge in [0.15, 0.2) is 0 Å². The van der Waals surface area contributed by atoms with Gasteiger partial charge in [0.25, 0.3) is 0 Å². The third-order valence-corrected chi connectivity index (χ3v) is 6.54. The van der Waals surface area contributed by atoms with Crippen LogP contribution in [0.1, 0.15) is 28.3 Å². The fourth-order valence-electron chi connectivity index (χ4n) is 4.60. The first-order valence-electron chi connectivity index (χ1n) is 12.6. The second kappa shape index (κ2) is 11.8. The Morgan fingerprint density at radius 2 is 1.73 bits per heavy atom. The number of benzene rings is 3. The summed E-state index contributed by atoms with van der Waals surface area (Å²) in [7, 11) is 0. The summed E-state index contributed by atoms with van der Waals surface area (Å²) in [6, 6.07) is 27.4. The smallest absolute Gasteiger partial charge is 0.244 e. The van der Waals surface area contributed by atoms with Crippen molar-refractivity contribution in [3.05, 3.63) is 120 Å². The lowest BCUT2D eigenvalue weighted by Gasteiger charge is -2.26. The summed E-state index contributed by atoms with van der Waals surface area (Å²) in [5.41, 5.74) is 12.6. The largest absolute Gasteiger partial charge is 0.491 e. The molecule has 1 amide bonds. The molecule has 0 fully saturated rings. The van der Waals surface area contributed by atoms with E-state index in [2.05, 4.69) is 35.3 Å². The van der Waals surface area contributed by atoms with Gasteiger partial charge in [-0.15, -0.1) is 0 Å². The summed E-state index contributed by atoms with van der Waals surface area (Å²) in [4.78, 5) is 19.4. The van der Waals surface area contributed by atoms with Gasteiger partial charge in [-0.1, -0.05) is 66.7 Å². The predicted octanol–water partition coefficient (Wildman–Crippen LogP) is 4.78. The average Bonchev–Trinajstić information content (AvgIpc) is 2.95. The molecule has 0 aliphatic carbocycles. The van der Waals surface area contributed by atoms with Gasteiger partial charge >= 0.3 is 0 Å². The highest BCUT2D eigenvalue weighted by Crippen LogP contribution is 2.29. The van der Waals surface area contributed by atoms with Crippen LogP contribution in [0.4, 0.5) is 0 Å². The van der Waals surface area contributed by atoms with Crippen molar-refractivity contribution in [3.63, 3.8) is 0 Å². The molecule has 0 unspecified atom stereocenters. The zero-order valence-corrected chi connectivity index (χ0v) is 20.8. The molecule has 188 valence electrons. The van der Waals surface area contributed by atoms with Gasteiger partial charge in [0.1, 0.15) is 18.4 Å². The van der Waals surface area contributed by atoms with Gasteiger partial charge in [-0.2, -0.15) is 0 Å². The van der Waals surface area contributed by atoms with Crippen LogP contribution >= 0.6 is 0 Å². The second-order valence-corrected chi connectivity index (χ2v) is 9.17. The third-order valence-electron chi connectivity index (χ3n) is 6.54. The van der Waals surface area contributed by atoms with Crippen LogP contribution in [0.2, 0.25) is 0 Å². The molecule has 0 saturated carbocycles. The van der Waals surface area contributed by atoms with E-state index in [1.807, 2.05) is 60.8 Å². The topological polar surface area (TPSA) is 77.7 Å². The molecular formula is C31H31N3O3. The van der Waals surface area contributed by atoms with E-state index in [9.17, 15) is 4.79 Å². The van der Waals surface area contributed by atoms with E-state index in [0.717, 1.165) is 39.1 Å². The van der Waals surface area contributed by atoms with Crippen molar-refractivity contribution in [2.45, 2.75) is 19.0 Å². The highest BCUT2D eigenvalue weighted by Gasteiger charge is 2.23. The molecule has 6 nitrogen and oxygen atoms in total. The molecule has 1 aromatic heterocycles. The number of fused-ring (bicyclic) bond motifs is 3. The van der Waals surface area contributed by atoms with Crippen molar-refractivity contribution in [2.75, 3.05) is 26.4 Å². The predicted molar refractivity (Wildman–Crippen MR) is 144 cm³/mol. The minimum absolute atomic E-state index is 0.116. The van der Waals surface area contributed by atoms with Crippen LogP contribution in [0.5, 0.6) is 5.75 Å². The van der Waals surface area contributed by atoms with Crippen LogP contribution in [0.25, 0.3) is 11.1 Å². The highest BCUT2D eigenvalue weighted by atomic mass is 16.5. The Hall–Kier alpha value is -4.00. The molecule has 2 heterocycles. The molecule has 2 N–H and O–H groups in total. The zero-order valence-electron chi connectivity index (χ0n) is 20.8. The third kappa shape index (κ3) is 6.23. The van der Waals surface area contributed by atoms with E-state index in [-0.39, 0.29) is 5.91 Å². The van der Waals surface area contributed by atoms with Gasteiger partial charge in [-0.05, 0) is 46.0 Å². The van der Waals surface area contributed by atoms with Crippen LogP contribution in [0.15, 0.2) is 97.3 Å². The van der Waals surface area contributed by atoms with E-state index in [1.165, 1.54) is 0 Å². The summed E-state index contributed by atoms with van der Waals surface area (Å²) >= 11 is 0. The fourth-order valence-corrected chi connectivity index (χ4v) is 4.60. The molecule has 4 aromatic rings. The summed E-state index contributed by atoms with van der Waals surface area (Å²) in [5, 5.41) is 0. The van der Waals surface area contributed by atoms with Crippen molar-refractivity contribution in [1.29, 1.82) is 0 Å². The van der Waals surface area contributed by atoms with Crippen LogP contribution in [0, 0.1) is 0 Å². The Kier molecular flexibility index (Phi) is 7.89. The lowest BCUT2D eigenvalue weighted by Crippen LogP contribution is -2.40. The Morgan fingerprint density at radius 1 is 0.865 bits per heavy atom. The molecule has 5 rings (SSSR count). The van der Waals surface area contributed by atoms with Crippen LogP contribution in [-0.4, -0.2) is 42.2 Å². The van der Waals surface area contributed by atoms with Gasteiger partial charge in [0.05, 0.1) is 13.2 Å². The Bertz CT molecular complexity index is 1330. The highest BCUT2D eigenvalue weighted by molar-refractivity contribution is 5.83. The molecule has 1 aliphatic rings. The molecule has 0 spiro atoms. The van der Waals surface area contributed by atoms with Crippen LogP contribution in [0.3, 0.4) is 0 Å².